The Bertz CT molecular complexity index is 662. The first-order chi connectivity index (χ1) is 11.3. The summed E-state index contributed by atoms with van der Waals surface area (Å²) in [5.74, 6) is 0.794. The number of nitrogen functional groups attached to an aromatic ring is 1. The number of nitrogens with one attached hydrogen (secondary N) is 1. The van der Waals surface area contributed by atoms with E-state index in [1.165, 1.54) is 5.56 Å². The molecule has 3 N–H and O–H groups in total. The van der Waals surface area contributed by atoms with Crippen LogP contribution >= 0.6 is 12.4 Å². The van der Waals surface area contributed by atoms with Crippen LogP contribution in [0.2, 0.25) is 0 Å². The van der Waals surface area contributed by atoms with E-state index in [1.807, 2.05) is 24.3 Å². The van der Waals surface area contributed by atoms with Gasteiger partial charge in [0.05, 0.1) is 13.0 Å². The van der Waals surface area contributed by atoms with Crippen molar-refractivity contribution in [3.8, 4) is 5.75 Å². The Morgan fingerprint density at radius 1 is 1.04 bits per heavy atom. The molecule has 2 aromatic carbocycles. The van der Waals surface area contributed by atoms with Crippen molar-refractivity contribution in [2.75, 3.05) is 18.9 Å². The smallest absolute Gasteiger partial charge is 0.224 e. The highest BCUT2D eigenvalue weighted by molar-refractivity contribution is 5.85. The van der Waals surface area contributed by atoms with Crippen LogP contribution in [0.4, 0.5) is 5.69 Å². The lowest BCUT2D eigenvalue weighted by atomic mass is 9.87. The lowest BCUT2D eigenvalue weighted by molar-refractivity contribution is -0.120. The second-order valence-electron chi connectivity index (χ2n) is 6.89. The zero-order valence-electron chi connectivity index (χ0n) is 15.0. The number of carbonyl (C=O) groups excluding carboxylic acids is 1. The van der Waals surface area contributed by atoms with E-state index >= 15 is 0 Å². The number of nitrogens with two attached hydrogens (primary N) is 1. The van der Waals surface area contributed by atoms with Crippen molar-refractivity contribution in [2.45, 2.75) is 32.6 Å². The van der Waals surface area contributed by atoms with Gasteiger partial charge in [-0.3, -0.25) is 4.79 Å². The van der Waals surface area contributed by atoms with Crippen LogP contribution in [0.25, 0.3) is 0 Å². The molecule has 0 unspecified atom stereocenters. The largest absolute Gasteiger partial charge is 0.492 e. The van der Waals surface area contributed by atoms with Gasteiger partial charge in [-0.05, 0) is 40.8 Å². The fraction of sp³-hybridized carbons (Fsp3) is 0.350. The summed E-state index contributed by atoms with van der Waals surface area (Å²) in [6.45, 7) is 7.47. The maximum atomic E-state index is 11.9. The number of hydrogen-bond acceptors (Lipinski definition) is 3. The van der Waals surface area contributed by atoms with Gasteiger partial charge in [-0.15, -0.1) is 12.4 Å². The fourth-order valence-electron chi connectivity index (χ4n) is 2.29. The zero-order chi connectivity index (χ0) is 17.6. The maximum absolute atomic E-state index is 11.9. The summed E-state index contributed by atoms with van der Waals surface area (Å²) < 4.78 is 5.66. The Balaban J connectivity index is 0.00000312. The number of ether oxygens (including phenoxy) is 1. The predicted octanol–water partition coefficient (Wildman–Crippen LogP) is 3.73. The van der Waals surface area contributed by atoms with Gasteiger partial charge < -0.3 is 15.8 Å². The first-order valence-corrected chi connectivity index (χ1v) is 8.19. The van der Waals surface area contributed by atoms with Crippen molar-refractivity contribution >= 4 is 24.0 Å². The molecule has 0 fully saturated rings. The molecule has 0 heterocycles. The van der Waals surface area contributed by atoms with Crippen molar-refractivity contribution < 1.29 is 9.53 Å². The van der Waals surface area contributed by atoms with Gasteiger partial charge in [0.2, 0.25) is 5.91 Å². The maximum Gasteiger partial charge on any atom is 0.224 e. The van der Waals surface area contributed by atoms with Gasteiger partial charge in [0.15, 0.2) is 0 Å². The number of hydrogen-bond donors (Lipinski definition) is 2. The zero-order valence-corrected chi connectivity index (χ0v) is 15.9. The average Bonchev–Trinajstić information content (AvgIpc) is 2.53. The van der Waals surface area contributed by atoms with E-state index in [0.717, 1.165) is 11.3 Å². The van der Waals surface area contributed by atoms with Crippen LogP contribution in [0.15, 0.2) is 48.5 Å². The van der Waals surface area contributed by atoms with Crippen LogP contribution in [-0.2, 0) is 16.6 Å². The molecule has 2 rings (SSSR count). The molecule has 4 nitrogen and oxygen atoms in total. The van der Waals surface area contributed by atoms with E-state index in [0.29, 0.717) is 25.3 Å². The summed E-state index contributed by atoms with van der Waals surface area (Å²) in [6, 6.07) is 15.4. The Morgan fingerprint density at radius 3 is 2.20 bits per heavy atom. The van der Waals surface area contributed by atoms with E-state index < -0.39 is 0 Å². The molecular formula is C20H27ClN2O2. The van der Waals surface area contributed by atoms with E-state index in [-0.39, 0.29) is 23.7 Å². The lowest BCUT2D eigenvalue weighted by Gasteiger charge is -2.19. The van der Waals surface area contributed by atoms with Gasteiger partial charge in [-0.2, -0.15) is 0 Å². The standard InChI is InChI=1S/C20H26N2O2.ClH/c1-20(2,3)16-6-10-18(11-7-16)24-13-12-22-19(23)14-15-4-8-17(21)9-5-15;/h4-11H,12-14,21H2,1-3H3,(H,22,23);1H. The molecule has 0 aromatic heterocycles. The highest BCUT2D eigenvalue weighted by atomic mass is 35.5. The Hall–Kier alpha value is -2.20. The van der Waals surface area contributed by atoms with E-state index in [9.17, 15) is 4.79 Å². The molecular weight excluding hydrogens is 336 g/mol. The third-order valence-electron chi connectivity index (χ3n) is 3.76. The van der Waals surface area contributed by atoms with Crippen LogP contribution in [0, 0.1) is 0 Å². The predicted molar refractivity (Wildman–Crippen MR) is 105 cm³/mol. The monoisotopic (exact) mass is 362 g/mol. The summed E-state index contributed by atoms with van der Waals surface area (Å²) in [7, 11) is 0. The van der Waals surface area contributed by atoms with E-state index in [2.05, 4.69) is 38.2 Å². The van der Waals surface area contributed by atoms with Gasteiger partial charge in [0, 0.05) is 5.69 Å². The van der Waals surface area contributed by atoms with Crippen molar-refractivity contribution in [1.82, 2.24) is 5.32 Å². The molecule has 136 valence electrons. The molecule has 5 heteroatoms. The van der Waals surface area contributed by atoms with E-state index in [1.54, 1.807) is 12.1 Å². The molecule has 0 spiro atoms. The minimum Gasteiger partial charge on any atom is -0.492 e. The Labute approximate surface area is 156 Å². The number of halogens is 1. The van der Waals surface area contributed by atoms with Crippen LogP contribution in [-0.4, -0.2) is 19.1 Å². The molecule has 0 aliphatic rings. The highest BCUT2D eigenvalue weighted by Gasteiger charge is 2.12. The van der Waals surface area contributed by atoms with Crippen molar-refractivity contribution in [2.24, 2.45) is 0 Å². The van der Waals surface area contributed by atoms with Crippen molar-refractivity contribution in [3.63, 3.8) is 0 Å². The number of amides is 1. The third-order valence-corrected chi connectivity index (χ3v) is 3.76. The minimum absolute atomic E-state index is 0. The first kappa shape index (κ1) is 20.8. The number of rotatable bonds is 6. The van der Waals surface area contributed by atoms with Crippen LogP contribution < -0.4 is 15.8 Å². The molecule has 0 aliphatic carbocycles. The quantitative estimate of drug-likeness (QED) is 0.608. The van der Waals surface area contributed by atoms with Gasteiger partial charge in [-0.1, -0.05) is 45.0 Å². The van der Waals surface area contributed by atoms with Crippen molar-refractivity contribution in [3.05, 3.63) is 59.7 Å². The van der Waals surface area contributed by atoms with E-state index in [4.69, 9.17) is 10.5 Å². The molecule has 0 atom stereocenters. The average molecular weight is 363 g/mol. The summed E-state index contributed by atoms with van der Waals surface area (Å²) >= 11 is 0. The SMILES string of the molecule is CC(C)(C)c1ccc(OCCNC(=O)Cc2ccc(N)cc2)cc1.Cl. The van der Waals surface area contributed by atoms with Crippen molar-refractivity contribution in [1.29, 1.82) is 0 Å². The third kappa shape index (κ3) is 7.06. The van der Waals surface area contributed by atoms with Gasteiger partial charge in [0.1, 0.15) is 12.4 Å². The number of anilines is 1. The fourth-order valence-corrected chi connectivity index (χ4v) is 2.29. The first-order valence-electron chi connectivity index (χ1n) is 8.19. The Kier molecular flexibility index (Phi) is 7.78. The Morgan fingerprint density at radius 2 is 1.64 bits per heavy atom. The second-order valence-corrected chi connectivity index (χ2v) is 6.89. The van der Waals surface area contributed by atoms with Gasteiger partial charge in [-0.25, -0.2) is 0 Å². The van der Waals surface area contributed by atoms with Gasteiger partial charge in [0.25, 0.3) is 0 Å². The lowest BCUT2D eigenvalue weighted by Crippen LogP contribution is -2.29. The topological polar surface area (TPSA) is 64.3 Å². The normalized spacial score (nSPS) is 10.7. The molecule has 0 saturated carbocycles. The molecule has 0 saturated heterocycles. The van der Waals surface area contributed by atoms with Gasteiger partial charge >= 0.3 is 0 Å². The minimum atomic E-state index is -0.0218. The highest BCUT2D eigenvalue weighted by Crippen LogP contribution is 2.24. The number of carbonyl (C=O) groups is 1. The molecule has 2 aromatic rings. The summed E-state index contributed by atoms with van der Waals surface area (Å²) in [5, 5.41) is 2.86. The molecule has 1 amide bonds. The summed E-state index contributed by atoms with van der Waals surface area (Å²) in [6.07, 6.45) is 0.348. The summed E-state index contributed by atoms with van der Waals surface area (Å²) in [5.41, 5.74) is 8.67. The molecule has 0 bridgehead atoms. The molecule has 25 heavy (non-hydrogen) atoms. The molecule has 0 radical (unpaired) electrons. The molecule has 0 aliphatic heterocycles. The van der Waals surface area contributed by atoms with Crippen LogP contribution in [0.3, 0.4) is 0 Å². The van der Waals surface area contributed by atoms with Crippen LogP contribution in [0.5, 0.6) is 5.75 Å². The second kappa shape index (κ2) is 9.33. The number of benzene rings is 2. The van der Waals surface area contributed by atoms with Crippen LogP contribution in [0.1, 0.15) is 31.9 Å². The summed E-state index contributed by atoms with van der Waals surface area (Å²) in [4.78, 5) is 11.9.